The number of aliphatic hydroxyl groups is 2. The van der Waals surface area contributed by atoms with Crippen LogP contribution in [0.2, 0.25) is 0 Å². The molecule has 2 atom stereocenters. The van der Waals surface area contributed by atoms with Crippen LogP contribution >= 0.6 is 12.6 Å². The fourth-order valence-electron chi connectivity index (χ4n) is 0.987. The minimum Gasteiger partial charge on any atom is -0.389 e. The number of hydrogen-bond donors (Lipinski definition) is 4. The molecule has 0 aliphatic rings. The maximum atomic E-state index is 9.55. The summed E-state index contributed by atoms with van der Waals surface area (Å²) >= 11 is 3.87. The zero-order valence-corrected chi connectivity index (χ0v) is 7.85. The monoisotopic (exact) mass is 200 g/mol. The van der Waals surface area contributed by atoms with Crippen LogP contribution < -0.4 is 5.73 Å². The summed E-state index contributed by atoms with van der Waals surface area (Å²) in [6, 6.07) is 3.28. The first-order valence-electron chi connectivity index (χ1n) is 3.84. The molecule has 2 unspecified atom stereocenters. The van der Waals surface area contributed by atoms with Crippen molar-refractivity contribution in [1.29, 1.82) is 0 Å². The fraction of sp³-hybridized carbons (Fsp3) is 0.375. The highest BCUT2D eigenvalue weighted by atomic mass is 32.1. The molecule has 1 rings (SSSR count). The van der Waals surface area contributed by atoms with E-state index in [2.05, 4.69) is 17.6 Å². The van der Waals surface area contributed by atoms with Gasteiger partial charge in [0.1, 0.15) is 11.9 Å². The number of rotatable bonds is 3. The average Bonchev–Trinajstić information content (AvgIpc) is 2.16. The fourth-order valence-corrected chi connectivity index (χ4v) is 1.19. The molecule has 1 heterocycles. The molecule has 0 bridgehead atoms. The zero-order valence-electron chi connectivity index (χ0n) is 6.96. The van der Waals surface area contributed by atoms with E-state index in [0.717, 1.165) is 0 Å². The number of nitrogen functional groups attached to an aromatic ring is 1. The summed E-state index contributed by atoms with van der Waals surface area (Å²) in [5, 5.41) is 18.8. The second-order valence-electron chi connectivity index (χ2n) is 2.67. The maximum Gasteiger partial charge on any atom is 0.129 e. The number of nitrogens with zero attached hydrogens (tertiary/aromatic N) is 1. The summed E-state index contributed by atoms with van der Waals surface area (Å²) in [5.74, 6) is 0.408. The Hall–Kier alpha value is -0.780. The highest BCUT2D eigenvalue weighted by Gasteiger charge is 2.19. The molecule has 0 fully saturated rings. The topological polar surface area (TPSA) is 79.4 Å². The molecular formula is C8H12N2O2S. The molecular weight excluding hydrogens is 188 g/mol. The Balaban J connectivity index is 2.88. The number of aliphatic hydroxyl groups excluding tert-OH is 2. The SMILES string of the molecule is Nc1ncccc1C(O)C(O)CS. The normalized spacial score (nSPS) is 15.3. The first-order chi connectivity index (χ1) is 6.16. The Morgan fingerprint density at radius 1 is 1.54 bits per heavy atom. The van der Waals surface area contributed by atoms with Crippen LogP contribution in [0.4, 0.5) is 5.82 Å². The molecule has 0 saturated heterocycles. The van der Waals surface area contributed by atoms with Crippen LogP contribution in [0.25, 0.3) is 0 Å². The Labute approximate surface area is 81.8 Å². The molecule has 1 aromatic rings. The van der Waals surface area contributed by atoms with Crippen molar-refractivity contribution in [2.75, 3.05) is 11.5 Å². The van der Waals surface area contributed by atoms with Crippen LogP contribution in [0.15, 0.2) is 18.3 Å². The van der Waals surface area contributed by atoms with Crippen LogP contribution in [-0.4, -0.2) is 27.1 Å². The molecule has 5 heteroatoms. The molecule has 13 heavy (non-hydrogen) atoms. The van der Waals surface area contributed by atoms with E-state index < -0.39 is 12.2 Å². The average molecular weight is 200 g/mol. The smallest absolute Gasteiger partial charge is 0.129 e. The lowest BCUT2D eigenvalue weighted by Crippen LogP contribution is -2.21. The van der Waals surface area contributed by atoms with Gasteiger partial charge >= 0.3 is 0 Å². The van der Waals surface area contributed by atoms with E-state index in [9.17, 15) is 10.2 Å². The second-order valence-corrected chi connectivity index (χ2v) is 3.04. The Kier molecular flexibility index (Phi) is 3.53. The van der Waals surface area contributed by atoms with Crippen molar-refractivity contribution < 1.29 is 10.2 Å². The lowest BCUT2D eigenvalue weighted by atomic mass is 10.1. The predicted octanol–water partition coefficient (Wildman–Crippen LogP) is -0.0121. The van der Waals surface area contributed by atoms with Crippen molar-refractivity contribution in [3.63, 3.8) is 0 Å². The summed E-state index contributed by atoms with van der Waals surface area (Å²) in [6.07, 6.45) is -0.417. The van der Waals surface area contributed by atoms with Crippen LogP contribution in [0.1, 0.15) is 11.7 Å². The number of nitrogens with two attached hydrogens (primary N) is 1. The summed E-state index contributed by atoms with van der Waals surface area (Å²) in [6.45, 7) is 0. The maximum absolute atomic E-state index is 9.55. The molecule has 4 nitrogen and oxygen atoms in total. The molecule has 0 aliphatic carbocycles. The standard InChI is InChI=1S/C8H12N2O2S/c9-8-5(2-1-3-10-8)7(12)6(11)4-13/h1-3,6-7,11-13H,4H2,(H2,9,10). The molecule has 72 valence electrons. The summed E-state index contributed by atoms with van der Waals surface area (Å²) in [7, 11) is 0. The first kappa shape index (κ1) is 10.3. The van der Waals surface area contributed by atoms with E-state index in [-0.39, 0.29) is 11.6 Å². The van der Waals surface area contributed by atoms with E-state index >= 15 is 0 Å². The largest absolute Gasteiger partial charge is 0.389 e. The minimum absolute atomic E-state index is 0.176. The van der Waals surface area contributed by atoms with E-state index in [0.29, 0.717) is 5.56 Å². The van der Waals surface area contributed by atoms with Gasteiger partial charge in [0, 0.05) is 17.5 Å². The molecule has 0 amide bonds. The summed E-state index contributed by atoms with van der Waals surface area (Å²) in [4.78, 5) is 3.80. The van der Waals surface area contributed by atoms with Crippen molar-refractivity contribution in [3.8, 4) is 0 Å². The molecule has 4 N–H and O–H groups in total. The van der Waals surface area contributed by atoms with Gasteiger partial charge < -0.3 is 15.9 Å². The van der Waals surface area contributed by atoms with E-state index in [1.54, 1.807) is 12.1 Å². The summed E-state index contributed by atoms with van der Waals surface area (Å²) in [5.41, 5.74) is 5.94. The molecule has 0 aromatic carbocycles. The highest BCUT2D eigenvalue weighted by molar-refractivity contribution is 7.80. The van der Waals surface area contributed by atoms with Crippen LogP contribution in [0, 0.1) is 0 Å². The Bertz CT molecular complexity index is 283. The Morgan fingerprint density at radius 3 is 2.77 bits per heavy atom. The van der Waals surface area contributed by atoms with Crippen molar-refractivity contribution in [3.05, 3.63) is 23.9 Å². The molecule has 0 aliphatic heterocycles. The zero-order chi connectivity index (χ0) is 9.84. The minimum atomic E-state index is -1.02. The third kappa shape index (κ3) is 2.33. The third-order valence-electron chi connectivity index (χ3n) is 1.74. The number of thiol groups is 1. The third-order valence-corrected chi connectivity index (χ3v) is 2.12. The molecule has 0 spiro atoms. The van der Waals surface area contributed by atoms with Gasteiger partial charge in [-0.3, -0.25) is 0 Å². The van der Waals surface area contributed by atoms with Crippen molar-refractivity contribution in [2.45, 2.75) is 12.2 Å². The van der Waals surface area contributed by atoms with Gasteiger partial charge in [-0.15, -0.1) is 0 Å². The lowest BCUT2D eigenvalue weighted by molar-refractivity contribution is 0.0340. The van der Waals surface area contributed by atoms with Gasteiger partial charge in [0.05, 0.1) is 6.10 Å². The van der Waals surface area contributed by atoms with Crippen LogP contribution in [0.5, 0.6) is 0 Å². The number of anilines is 1. The van der Waals surface area contributed by atoms with Gasteiger partial charge in [0.15, 0.2) is 0 Å². The van der Waals surface area contributed by atoms with Gasteiger partial charge in [0.25, 0.3) is 0 Å². The quantitative estimate of drug-likeness (QED) is 0.517. The summed E-state index contributed by atoms with van der Waals surface area (Å²) < 4.78 is 0. The van der Waals surface area contributed by atoms with Gasteiger partial charge in [-0.05, 0) is 6.07 Å². The van der Waals surface area contributed by atoms with Crippen LogP contribution in [-0.2, 0) is 0 Å². The van der Waals surface area contributed by atoms with E-state index in [1.807, 2.05) is 0 Å². The predicted molar refractivity (Wildman–Crippen MR) is 53.5 cm³/mol. The van der Waals surface area contributed by atoms with Crippen molar-refractivity contribution in [2.24, 2.45) is 0 Å². The van der Waals surface area contributed by atoms with Crippen LogP contribution in [0.3, 0.4) is 0 Å². The number of aromatic nitrogens is 1. The van der Waals surface area contributed by atoms with Gasteiger partial charge in [-0.1, -0.05) is 6.07 Å². The lowest BCUT2D eigenvalue weighted by Gasteiger charge is -2.16. The second kappa shape index (κ2) is 4.45. The van der Waals surface area contributed by atoms with Crippen molar-refractivity contribution >= 4 is 18.4 Å². The number of pyridine rings is 1. The van der Waals surface area contributed by atoms with Gasteiger partial charge in [-0.2, -0.15) is 12.6 Å². The number of hydrogen-bond acceptors (Lipinski definition) is 5. The van der Waals surface area contributed by atoms with Gasteiger partial charge in [-0.25, -0.2) is 4.98 Å². The highest BCUT2D eigenvalue weighted by Crippen LogP contribution is 2.21. The van der Waals surface area contributed by atoms with Gasteiger partial charge in [0.2, 0.25) is 0 Å². The van der Waals surface area contributed by atoms with Crippen molar-refractivity contribution in [1.82, 2.24) is 4.98 Å². The Morgan fingerprint density at radius 2 is 2.23 bits per heavy atom. The molecule has 1 aromatic heterocycles. The molecule has 0 saturated carbocycles. The first-order valence-corrected chi connectivity index (χ1v) is 4.47. The molecule has 0 radical (unpaired) electrons. The van der Waals surface area contributed by atoms with E-state index in [1.165, 1.54) is 6.20 Å². The van der Waals surface area contributed by atoms with E-state index in [4.69, 9.17) is 5.73 Å².